The summed E-state index contributed by atoms with van der Waals surface area (Å²) < 4.78 is 0. The van der Waals surface area contributed by atoms with Gasteiger partial charge in [-0.25, -0.2) is 0 Å². The molecule has 0 saturated carbocycles. The van der Waals surface area contributed by atoms with E-state index in [1.165, 1.54) is 0 Å². The summed E-state index contributed by atoms with van der Waals surface area (Å²) in [4.78, 5) is 12.6. The first-order valence-electron chi connectivity index (χ1n) is 3.78. The number of carbonyl (C=O) groups is 1. The van der Waals surface area contributed by atoms with Gasteiger partial charge in [0.05, 0.1) is 6.54 Å². The van der Waals surface area contributed by atoms with Gasteiger partial charge < -0.3 is 10.2 Å². The first-order valence-corrected chi connectivity index (χ1v) is 3.78. The number of hydrogen-bond donors (Lipinski definition) is 1. The van der Waals surface area contributed by atoms with E-state index in [9.17, 15) is 4.79 Å². The monoisotopic (exact) mass is 158 g/mol. The fourth-order valence-corrected chi connectivity index (χ4v) is 0.499. The molecule has 0 aliphatic carbocycles. The molecule has 11 heavy (non-hydrogen) atoms. The Labute approximate surface area is 68.8 Å². The Morgan fingerprint density at radius 3 is 2.09 bits per heavy atom. The fraction of sp³-hybridized carbons (Fsp3) is 0.875. The van der Waals surface area contributed by atoms with Crippen LogP contribution in [0.5, 0.6) is 0 Å². The lowest BCUT2D eigenvalue weighted by atomic mass is 10.1. The van der Waals surface area contributed by atoms with Crippen molar-refractivity contribution >= 4 is 5.91 Å². The molecule has 66 valence electrons. The lowest BCUT2D eigenvalue weighted by molar-refractivity contribution is -0.128. The molecule has 0 aromatic rings. The molecule has 0 aromatic carbocycles. The molecular weight excluding hydrogens is 140 g/mol. The Morgan fingerprint density at radius 2 is 1.82 bits per heavy atom. The molecule has 0 fully saturated rings. The highest BCUT2D eigenvalue weighted by atomic mass is 16.2. The van der Waals surface area contributed by atoms with E-state index < -0.39 is 0 Å². The van der Waals surface area contributed by atoms with Gasteiger partial charge >= 0.3 is 0 Å². The van der Waals surface area contributed by atoms with Crippen LogP contribution in [0.15, 0.2) is 0 Å². The van der Waals surface area contributed by atoms with Crippen LogP contribution in [0.2, 0.25) is 0 Å². The summed E-state index contributed by atoms with van der Waals surface area (Å²) in [5.74, 6) is 0.111. The van der Waals surface area contributed by atoms with Crippen molar-refractivity contribution in [3.8, 4) is 0 Å². The highest BCUT2D eigenvalue weighted by Crippen LogP contribution is 1.97. The summed E-state index contributed by atoms with van der Waals surface area (Å²) in [6.07, 6.45) is 0. The molecule has 0 radical (unpaired) electrons. The molecule has 0 unspecified atom stereocenters. The van der Waals surface area contributed by atoms with Crippen LogP contribution in [0.4, 0.5) is 0 Å². The normalized spacial score (nSPS) is 11.4. The number of likely N-dealkylation sites (N-methyl/N-ethyl adjacent to an activating group) is 1. The van der Waals surface area contributed by atoms with E-state index in [-0.39, 0.29) is 11.4 Å². The molecule has 0 heterocycles. The van der Waals surface area contributed by atoms with Gasteiger partial charge in [-0.3, -0.25) is 4.79 Å². The van der Waals surface area contributed by atoms with Gasteiger partial charge in [-0.2, -0.15) is 0 Å². The van der Waals surface area contributed by atoms with Crippen molar-refractivity contribution in [3.05, 3.63) is 0 Å². The van der Waals surface area contributed by atoms with E-state index in [1.54, 1.807) is 19.0 Å². The second-order valence-corrected chi connectivity index (χ2v) is 3.89. The van der Waals surface area contributed by atoms with E-state index >= 15 is 0 Å². The lowest BCUT2D eigenvalue weighted by Gasteiger charge is -2.21. The van der Waals surface area contributed by atoms with Crippen LogP contribution < -0.4 is 5.32 Å². The summed E-state index contributed by atoms with van der Waals surface area (Å²) in [7, 11) is 3.51. The van der Waals surface area contributed by atoms with Gasteiger partial charge in [0.1, 0.15) is 0 Å². The maximum absolute atomic E-state index is 11.1. The second kappa shape index (κ2) is 3.72. The minimum atomic E-state index is 0.0195. The summed E-state index contributed by atoms with van der Waals surface area (Å²) in [5.41, 5.74) is 0.0195. The van der Waals surface area contributed by atoms with E-state index in [4.69, 9.17) is 0 Å². The van der Waals surface area contributed by atoms with Crippen molar-refractivity contribution in [1.82, 2.24) is 10.2 Å². The number of nitrogens with zero attached hydrogens (tertiary/aromatic N) is 1. The zero-order valence-corrected chi connectivity index (χ0v) is 8.06. The van der Waals surface area contributed by atoms with Gasteiger partial charge in [0.2, 0.25) is 5.91 Å². The predicted octanol–water partition coefficient (Wildman–Crippen LogP) is 0.463. The molecule has 0 rings (SSSR count). The maximum atomic E-state index is 11.1. The largest absolute Gasteiger partial charge is 0.348 e. The zero-order valence-electron chi connectivity index (χ0n) is 8.06. The number of nitrogens with one attached hydrogen (secondary N) is 1. The first-order chi connectivity index (χ1) is 4.83. The van der Waals surface area contributed by atoms with E-state index in [0.29, 0.717) is 6.54 Å². The van der Waals surface area contributed by atoms with Crippen molar-refractivity contribution in [2.75, 3.05) is 20.6 Å². The first kappa shape index (κ1) is 10.4. The van der Waals surface area contributed by atoms with Crippen LogP contribution in [0.3, 0.4) is 0 Å². The highest BCUT2D eigenvalue weighted by Gasteiger charge is 2.11. The van der Waals surface area contributed by atoms with Gasteiger partial charge in [-0.05, 0) is 20.8 Å². The summed E-state index contributed by atoms with van der Waals surface area (Å²) in [6.45, 7) is 6.53. The van der Waals surface area contributed by atoms with Gasteiger partial charge in [-0.15, -0.1) is 0 Å². The van der Waals surface area contributed by atoms with E-state index in [2.05, 4.69) is 5.32 Å². The molecule has 3 heteroatoms. The quantitative estimate of drug-likeness (QED) is 0.633. The van der Waals surface area contributed by atoms with Crippen molar-refractivity contribution < 1.29 is 4.79 Å². The Balaban J connectivity index is 3.64. The minimum Gasteiger partial charge on any atom is -0.348 e. The van der Waals surface area contributed by atoms with Crippen LogP contribution in [0, 0.1) is 0 Å². The van der Waals surface area contributed by atoms with Crippen molar-refractivity contribution in [2.45, 2.75) is 26.3 Å². The molecule has 0 aliphatic rings. The topological polar surface area (TPSA) is 32.3 Å². The summed E-state index contributed by atoms with van der Waals surface area (Å²) in [6, 6.07) is 0. The summed E-state index contributed by atoms with van der Waals surface area (Å²) in [5, 5.41) is 3.11. The zero-order chi connectivity index (χ0) is 9.07. The molecule has 0 saturated heterocycles. The van der Waals surface area contributed by atoms with Crippen LogP contribution in [0.1, 0.15) is 20.8 Å². The van der Waals surface area contributed by atoms with Crippen LogP contribution >= 0.6 is 0 Å². The lowest BCUT2D eigenvalue weighted by Crippen LogP contribution is -2.42. The number of carbonyl (C=O) groups excluding carboxylic acids is 1. The Kier molecular flexibility index (Phi) is 3.52. The standard InChI is InChI=1S/C8H18N2O/c1-8(2,3)9-6-7(11)10(4)5/h9H,6H2,1-5H3. The number of rotatable bonds is 2. The smallest absolute Gasteiger partial charge is 0.236 e. The van der Waals surface area contributed by atoms with Crippen molar-refractivity contribution in [3.63, 3.8) is 0 Å². The van der Waals surface area contributed by atoms with E-state index in [1.807, 2.05) is 20.8 Å². The molecular formula is C8H18N2O. The molecule has 0 bridgehead atoms. The van der Waals surface area contributed by atoms with Gasteiger partial charge in [-0.1, -0.05) is 0 Å². The molecule has 0 spiro atoms. The second-order valence-electron chi connectivity index (χ2n) is 3.89. The Hall–Kier alpha value is -0.570. The number of amides is 1. The van der Waals surface area contributed by atoms with Gasteiger partial charge in [0.15, 0.2) is 0 Å². The third-order valence-corrected chi connectivity index (χ3v) is 1.27. The molecule has 1 amide bonds. The molecule has 0 atom stereocenters. The summed E-state index contributed by atoms with van der Waals surface area (Å²) >= 11 is 0. The highest BCUT2D eigenvalue weighted by molar-refractivity contribution is 5.77. The maximum Gasteiger partial charge on any atom is 0.236 e. The molecule has 0 aromatic heterocycles. The molecule has 0 aliphatic heterocycles. The SMILES string of the molecule is CN(C)C(=O)CNC(C)(C)C. The average Bonchev–Trinajstić information content (AvgIpc) is 1.80. The Morgan fingerprint density at radius 1 is 1.36 bits per heavy atom. The fourth-order valence-electron chi connectivity index (χ4n) is 0.499. The van der Waals surface area contributed by atoms with Crippen molar-refractivity contribution in [1.29, 1.82) is 0 Å². The van der Waals surface area contributed by atoms with E-state index in [0.717, 1.165) is 0 Å². The number of hydrogen-bond acceptors (Lipinski definition) is 2. The van der Waals surface area contributed by atoms with Gasteiger partial charge in [0, 0.05) is 19.6 Å². The third kappa shape index (κ3) is 5.85. The minimum absolute atomic E-state index is 0.0195. The average molecular weight is 158 g/mol. The third-order valence-electron chi connectivity index (χ3n) is 1.27. The Bertz CT molecular complexity index is 136. The molecule has 3 nitrogen and oxygen atoms in total. The van der Waals surface area contributed by atoms with Crippen molar-refractivity contribution in [2.24, 2.45) is 0 Å². The molecule has 1 N–H and O–H groups in total. The van der Waals surface area contributed by atoms with Gasteiger partial charge in [0.25, 0.3) is 0 Å². The van der Waals surface area contributed by atoms with Crippen LogP contribution in [-0.4, -0.2) is 37.0 Å². The van der Waals surface area contributed by atoms with Crippen LogP contribution in [0.25, 0.3) is 0 Å². The van der Waals surface area contributed by atoms with Crippen LogP contribution in [-0.2, 0) is 4.79 Å². The predicted molar refractivity (Wildman–Crippen MR) is 46.4 cm³/mol.